The molecule has 3 heterocycles. The molecule has 1 aromatic carbocycles. The molecule has 1 aliphatic rings. The van der Waals surface area contributed by atoms with E-state index in [1.165, 1.54) is 11.0 Å². The lowest BCUT2D eigenvalue weighted by Gasteiger charge is -2.19. The molecule has 15 heteroatoms. The fourth-order valence-electron chi connectivity index (χ4n) is 3.45. The van der Waals surface area contributed by atoms with Crippen molar-refractivity contribution < 1.29 is 35.1 Å². The third-order valence-electron chi connectivity index (χ3n) is 5.15. The Labute approximate surface area is 190 Å². The molecule has 184 valence electrons. The van der Waals surface area contributed by atoms with E-state index in [2.05, 4.69) is 20.2 Å². The number of benzene rings is 1. The van der Waals surface area contributed by atoms with E-state index in [-0.39, 0.29) is 35.0 Å². The molecule has 0 N–H and O–H groups in total. The highest BCUT2D eigenvalue weighted by molar-refractivity contribution is 7.90. The second-order valence-electron chi connectivity index (χ2n) is 7.94. The maximum Gasteiger partial charge on any atom is 0.425 e. The van der Waals surface area contributed by atoms with E-state index in [1.807, 2.05) is 0 Å². The van der Waals surface area contributed by atoms with Gasteiger partial charge in [-0.15, -0.1) is 10.2 Å². The molecule has 0 saturated carbocycles. The van der Waals surface area contributed by atoms with Gasteiger partial charge in [-0.25, -0.2) is 17.2 Å². The third-order valence-corrected chi connectivity index (χ3v) is 6.35. The first-order valence-electron chi connectivity index (χ1n) is 10.00. The Kier molecular flexibility index (Phi) is 5.86. The zero-order chi connectivity index (χ0) is 24.9. The van der Waals surface area contributed by atoms with Crippen molar-refractivity contribution in [2.75, 3.05) is 24.2 Å². The molecule has 0 aliphatic carbocycles. The van der Waals surface area contributed by atoms with Crippen molar-refractivity contribution in [2.24, 2.45) is 0 Å². The maximum absolute atomic E-state index is 13.8. The average molecular weight is 506 g/mol. The van der Waals surface area contributed by atoms with Crippen LogP contribution in [0.25, 0.3) is 11.2 Å². The zero-order valence-electron chi connectivity index (χ0n) is 17.9. The summed E-state index contributed by atoms with van der Waals surface area (Å²) in [5.41, 5.74) is 0.151. The van der Waals surface area contributed by atoms with Gasteiger partial charge < -0.3 is 9.64 Å². The predicted octanol–water partition coefficient (Wildman–Crippen LogP) is 2.85. The SMILES string of the molecule is CC(Oc1nc(N2CCC(F)(F)C2)c2nn(Cc3ccccc3S(C)(=O)=O)nc2n1)C(F)(F)F. The second-order valence-corrected chi connectivity index (χ2v) is 9.93. The topological polar surface area (TPSA) is 103 Å². The van der Waals surface area contributed by atoms with Crippen molar-refractivity contribution in [1.29, 1.82) is 0 Å². The normalized spacial score (nSPS) is 17.3. The number of hydrogen-bond donors (Lipinski definition) is 0. The number of fused-ring (bicyclic) bond motifs is 1. The molecule has 0 bridgehead atoms. The van der Waals surface area contributed by atoms with Gasteiger partial charge in [0, 0.05) is 19.2 Å². The van der Waals surface area contributed by atoms with Gasteiger partial charge in [0.25, 0.3) is 5.92 Å². The predicted molar refractivity (Wildman–Crippen MR) is 110 cm³/mol. The molecular weight excluding hydrogens is 487 g/mol. The van der Waals surface area contributed by atoms with E-state index in [1.54, 1.807) is 18.2 Å². The summed E-state index contributed by atoms with van der Waals surface area (Å²) in [6.45, 7) is -0.186. The van der Waals surface area contributed by atoms with Crippen LogP contribution in [0, 0.1) is 0 Å². The fourth-order valence-corrected chi connectivity index (χ4v) is 4.39. The van der Waals surface area contributed by atoms with Crippen LogP contribution in [0.3, 0.4) is 0 Å². The van der Waals surface area contributed by atoms with Gasteiger partial charge >= 0.3 is 12.2 Å². The lowest BCUT2D eigenvalue weighted by Crippen LogP contribution is -2.32. The van der Waals surface area contributed by atoms with E-state index in [0.717, 1.165) is 18.0 Å². The second kappa shape index (κ2) is 8.29. The number of nitrogens with zero attached hydrogens (tertiary/aromatic N) is 6. The van der Waals surface area contributed by atoms with Crippen LogP contribution in [0.5, 0.6) is 6.01 Å². The van der Waals surface area contributed by atoms with Crippen LogP contribution >= 0.6 is 0 Å². The largest absolute Gasteiger partial charge is 0.451 e. The van der Waals surface area contributed by atoms with Crippen molar-refractivity contribution in [2.45, 2.75) is 43.0 Å². The van der Waals surface area contributed by atoms with Crippen LogP contribution in [0.2, 0.25) is 0 Å². The molecule has 0 spiro atoms. The van der Waals surface area contributed by atoms with Gasteiger partial charge in [0.1, 0.15) is 0 Å². The van der Waals surface area contributed by atoms with Crippen LogP contribution in [0.15, 0.2) is 29.2 Å². The number of hydrogen-bond acceptors (Lipinski definition) is 8. The van der Waals surface area contributed by atoms with E-state index in [9.17, 15) is 30.4 Å². The number of aromatic nitrogens is 5. The molecule has 0 radical (unpaired) electrons. The molecule has 1 unspecified atom stereocenters. The Balaban J connectivity index is 1.77. The first-order chi connectivity index (χ1) is 15.7. The maximum atomic E-state index is 13.8. The zero-order valence-corrected chi connectivity index (χ0v) is 18.7. The van der Waals surface area contributed by atoms with Crippen LogP contribution in [0.4, 0.5) is 27.8 Å². The number of halogens is 5. The first-order valence-corrected chi connectivity index (χ1v) is 11.9. The Morgan fingerprint density at radius 1 is 1.18 bits per heavy atom. The van der Waals surface area contributed by atoms with Gasteiger partial charge in [0.2, 0.25) is 5.65 Å². The van der Waals surface area contributed by atoms with Gasteiger partial charge in [-0.1, -0.05) is 18.2 Å². The number of sulfone groups is 1. The van der Waals surface area contributed by atoms with Crippen LogP contribution in [-0.2, 0) is 16.4 Å². The number of alkyl halides is 5. The molecule has 34 heavy (non-hydrogen) atoms. The summed E-state index contributed by atoms with van der Waals surface area (Å²) in [5, 5.41) is 8.33. The molecule has 0 amide bonds. The highest BCUT2D eigenvalue weighted by atomic mass is 32.2. The monoisotopic (exact) mass is 506 g/mol. The van der Waals surface area contributed by atoms with Crippen LogP contribution < -0.4 is 9.64 Å². The van der Waals surface area contributed by atoms with Gasteiger partial charge in [-0.05, 0) is 18.6 Å². The Bertz CT molecular complexity index is 1330. The van der Waals surface area contributed by atoms with E-state index >= 15 is 0 Å². The molecule has 3 aromatic rings. The van der Waals surface area contributed by atoms with Crippen LogP contribution in [-0.4, -0.2) is 70.9 Å². The Morgan fingerprint density at radius 2 is 1.88 bits per heavy atom. The standard InChI is InChI=1S/C19H19F5N6O3S/c1-11(19(22,23)24)33-17-25-15-14(16(26-17)29-8-7-18(20,21)10-29)27-30(28-15)9-12-5-3-4-6-13(12)34(2,31)32/h3-6,11H,7-10H2,1-2H3. The lowest BCUT2D eigenvalue weighted by atomic mass is 10.2. The third kappa shape index (κ3) is 5.03. The fraction of sp³-hybridized carbons (Fsp3) is 0.474. The van der Waals surface area contributed by atoms with E-state index in [0.29, 0.717) is 5.56 Å². The van der Waals surface area contributed by atoms with E-state index in [4.69, 9.17) is 4.74 Å². The summed E-state index contributed by atoms with van der Waals surface area (Å²) in [6, 6.07) is 5.45. The summed E-state index contributed by atoms with van der Waals surface area (Å²) in [4.78, 5) is 10.1. The van der Waals surface area contributed by atoms with Crippen molar-refractivity contribution in [3.8, 4) is 6.01 Å². The minimum Gasteiger partial charge on any atom is -0.451 e. The summed E-state index contributed by atoms with van der Waals surface area (Å²) in [5.74, 6) is -3.16. The molecule has 1 fully saturated rings. The molecule has 1 atom stereocenters. The van der Waals surface area contributed by atoms with Crippen LogP contribution in [0.1, 0.15) is 18.9 Å². The average Bonchev–Trinajstić information content (AvgIpc) is 3.28. The minimum absolute atomic E-state index is 0.0263. The summed E-state index contributed by atoms with van der Waals surface area (Å²) < 4.78 is 95.5. The quantitative estimate of drug-likeness (QED) is 0.471. The molecule has 1 aliphatic heterocycles. The van der Waals surface area contributed by atoms with Gasteiger partial charge in [0.05, 0.1) is 18.0 Å². The summed E-state index contributed by atoms with van der Waals surface area (Å²) >= 11 is 0. The van der Waals surface area contributed by atoms with Crippen molar-refractivity contribution in [3.05, 3.63) is 29.8 Å². The van der Waals surface area contributed by atoms with Gasteiger partial charge in [-0.2, -0.15) is 27.9 Å². The Morgan fingerprint density at radius 3 is 2.50 bits per heavy atom. The summed E-state index contributed by atoms with van der Waals surface area (Å²) in [7, 11) is -3.57. The van der Waals surface area contributed by atoms with Gasteiger partial charge in [0.15, 0.2) is 27.3 Å². The minimum atomic E-state index is -4.70. The highest BCUT2D eigenvalue weighted by Gasteiger charge is 2.41. The molecular formula is C19H19F5N6O3S. The van der Waals surface area contributed by atoms with Gasteiger partial charge in [-0.3, -0.25) is 0 Å². The van der Waals surface area contributed by atoms with Crippen molar-refractivity contribution in [3.63, 3.8) is 0 Å². The molecule has 2 aromatic heterocycles. The smallest absolute Gasteiger partial charge is 0.425 e. The first kappa shape index (κ1) is 24.0. The lowest BCUT2D eigenvalue weighted by molar-refractivity contribution is -0.190. The number of anilines is 1. The number of ether oxygens (including phenoxy) is 1. The van der Waals surface area contributed by atoms with Crippen molar-refractivity contribution >= 4 is 26.8 Å². The highest BCUT2D eigenvalue weighted by Crippen LogP contribution is 2.34. The molecule has 4 rings (SSSR count). The van der Waals surface area contributed by atoms with E-state index < -0.39 is 47.0 Å². The Hall–Kier alpha value is -3.10. The van der Waals surface area contributed by atoms with Crippen molar-refractivity contribution in [1.82, 2.24) is 25.0 Å². The molecule has 9 nitrogen and oxygen atoms in total. The number of rotatable bonds is 6. The molecule has 1 saturated heterocycles. The summed E-state index contributed by atoms with van der Waals surface area (Å²) in [6.07, 6.45) is -6.38.